The zero-order chi connectivity index (χ0) is 14.2. The van der Waals surface area contributed by atoms with Gasteiger partial charge in [-0.2, -0.15) is 5.26 Å². The molecule has 0 spiro atoms. The SMILES string of the molecule is CCNCc1csc(N(CCC#N)c2ccccc2)n1. The fraction of sp³-hybridized carbons (Fsp3) is 0.333. The van der Waals surface area contributed by atoms with Crippen LogP contribution in [0.25, 0.3) is 0 Å². The molecular weight excluding hydrogens is 268 g/mol. The molecule has 5 heteroatoms. The minimum Gasteiger partial charge on any atom is -0.317 e. The summed E-state index contributed by atoms with van der Waals surface area (Å²) >= 11 is 1.62. The highest BCUT2D eigenvalue weighted by Gasteiger charge is 2.12. The lowest BCUT2D eigenvalue weighted by Gasteiger charge is -2.20. The van der Waals surface area contributed by atoms with E-state index in [0.717, 1.165) is 29.6 Å². The number of thiazole rings is 1. The summed E-state index contributed by atoms with van der Waals surface area (Å²) < 4.78 is 0. The number of nitrogens with zero attached hydrogens (tertiary/aromatic N) is 3. The monoisotopic (exact) mass is 286 g/mol. The maximum absolute atomic E-state index is 8.83. The molecule has 2 aromatic rings. The van der Waals surface area contributed by atoms with Gasteiger partial charge in [-0.3, -0.25) is 0 Å². The van der Waals surface area contributed by atoms with E-state index in [0.29, 0.717) is 13.0 Å². The summed E-state index contributed by atoms with van der Waals surface area (Å²) in [6.45, 7) is 4.46. The largest absolute Gasteiger partial charge is 0.317 e. The van der Waals surface area contributed by atoms with Gasteiger partial charge in [0, 0.05) is 24.2 Å². The molecule has 0 amide bonds. The molecule has 0 aliphatic carbocycles. The van der Waals surface area contributed by atoms with Crippen molar-refractivity contribution in [1.29, 1.82) is 5.26 Å². The average molecular weight is 286 g/mol. The highest BCUT2D eigenvalue weighted by molar-refractivity contribution is 7.13. The van der Waals surface area contributed by atoms with E-state index in [1.807, 2.05) is 30.3 Å². The maximum Gasteiger partial charge on any atom is 0.190 e. The van der Waals surface area contributed by atoms with Crippen LogP contribution >= 0.6 is 11.3 Å². The average Bonchev–Trinajstić information content (AvgIpc) is 2.95. The first-order chi connectivity index (χ1) is 9.85. The van der Waals surface area contributed by atoms with Crippen LogP contribution in [0.2, 0.25) is 0 Å². The highest BCUT2D eigenvalue weighted by atomic mass is 32.1. The van der Waals surface area contributed by atoms with Gasteiger partial charge >= 0.3 is 0 Å². The quantitative estimate of drug-likeness (QED) is 0.848. The Kier molecular flexibility index (Phi) is 5.54. The van der Waals surface area contributed by atoms with E-state index in [9.17, 15) is 0 Å². The summed E-state index contributed by atoms with van der Waals surface area (Å²) in [6.07, 6.45) is 0.483. The van der Waals surface area contributed by atoms with E-state index >= 15 is 0 Å². The van der Waals surface area contributed by atoms with Gasteiger partial charge in [0.05, 0.1) is 18.2 Å². The highest BCUT2D eigenvalue weighted by Crippen LogP contribution is 2.28. The normalized spacial score (nSPS) is 10.2. The number of benzene rings is 1. The lowest BCUT2D eigenvalue weighted by atomic mass is 10.3. The van der Waals surface area contributed by atoms with E-state index in [-0.39, 0.29) is 0 Å². The summed E-state index contributed by atoms with van der Waals surface area (Å²) in [4.78, 5) is 6.75. The van der Waals surface area contributed by atoms with Crippen LogP contribution < -0.4 is 10.2 Å². The fourth-order valence-corrected chi connectivity index (χ4v) is 2.73. The van der Waals surface area contributed by atoms with Gasteiger partial charge in [0.25, 0.3) is 0 Å². The van der Waals surface area contributed by atoms with E-state index in [4.69, 9.17) is 5.26 Å². The molecule has 0 saturated carbocycles. The molecule has 0 atom stereocenters. The van der Waals surface area contributed by atoms with Crippen molar-refractivity contribution in [3.63, 3.8) is 0 Å². The van der Waals surface area contributed by atoms with Crippen molar-refractivity contribution in [2.75, 3.05) is 18.0 Å². The van der Waals surface area contributed by atoms with Gasteiger partial charge in [0.15, 0.2) is 5.13 Å². The number of hydrogen-bond acceptors (Lipinski definition) is 5. The summed E-state index contributed by atoms with van der Waals surface area (Å²) in [5.41, 5.74) is 2.12. The minimum absolute atomic E-state index is 0.483. The van der Waals surface area contributed by atoms with Crippen molar-refractivity contribution in [3.05, 3.63) is 41.4 Å². The van der Waals surface area contributed by atoms with Gasteiger partial charge in [0.1, 0.15) is 0 Å². The topological polar surface area (TPSA) is 52.0 Å². The fourth-order valence-electron chi connectivity index (χ4n) is 1.86. The molecule has 0 fully saturated rings. The third kappa shape index (κ3) is 3.80. The summed E-state index contributed by atoms with van der Waals surface area (Å²) in [6, 6.07) is 12.3. The second-order valence-electron chi connectivity index (χ2n) is 4.30. The summed E-state index contributed by atoms with van der Waals surface area (Å²) in [5.74, 6) is 0. The van der Waals surface area contributed by atoms with Crippen LogP contribution in [0.5, 0.6) is 0 Å². The van der Waals surface area contributed by atoms with Crippen molar-refractivity contribution in [2.45, 2.75) is 19.9 Å². The van der Waals surface area contributed by atoms with Crippen LogP contribution in [0.3, 0.4) is 0 Å². The Balaban J connectivity index is 2.18. The van der Waals surface area contributed by atoms with Gasteiger partial charge in [-0.05, 0) is 18.7 Å². The van der Waals surface area contributed by atoms with E-state index in [1.54, 1.807) is 11.3 Å². The van der Waals surface area contributed by atoms with Crippen molar-refractivity contribution in [1.82, 2.24) is 10.3 Å². The molecule has 0 radical (unpaired) electrons. The zero-order valence-electron chi connectivity index (χ0n) is 11.5. The molecule has 0 saturated heterocycles. The third-order valence-electron chi connectivity index (χ3n) is 2.84. The molecule has 1 aromatic carbocycles. The molecule has 2 rings (SSSR count). The predicted molar refractivity (Wildman–Crippen MR) is 83.2 cm³/mol. The van der Waals surface area contributed by atoms with E-state index in [2.05, 4.69) is 33.6 Å². The maximum atomic E-state index is 8.83. The molecule has 0 aliphatic heterocycles. The lowest BCUT2D eigenvalue weighted by molar-refractivity contribution is 0.713. The number of hydrogen-bond donors (Lipinski definition) is 1. The Bertz CT molecular complexity index is 559. The Morgan fingerprint density at radius 3 is 2.85 bits per heavy atom. The standard InChI is InChI=1S/C15H18N4S/c1-2-17-11-13-12-20-15(18-13)19(10-6-9-16)14-7-4-3-5-8-14/h3-5,7-8,12,17H,2,6,10-11H2,1H3. The van der Waals surface area contributed by atoms with Crippen molar-refractivity contribution < 1.29 is 0 Å². The molecule has 0 unspecified atom stereocenters. The Morgan fingerprint density at radius 1 is 1.35 bits per heavy atom. The number of nitriles is 1. The van der Waals surface area contributed by atoms with Crippen molar-refractivity contribution in [2.24, 2.45) is 0 Å². The number of para-hydroxylation sites is 1. The second kappa shape index (κ2) is 7.63. The molecule has 4 nitrogen and oxygen atoms in total. The van der Waals surface area contributed by atoms with Crippen LogP contribution in [0.15, 0.2) is 35.7 Å². The van der Waals surface area contributed by atoms with Crippen LogP contribution in [0.1, 0.15) is 19.0 Å². The first kappa shape index (κ1) is 14.5. The second-order valence-corrected chi connectivity index (χ2v) is 5.13. The van der Waals surface area contributed by atoms with Crippen molar-refractivity contribution >= 4 is 22.2 Å². The van der Waals surface area contributed by atoms with Gasteiger partial charge in [-0.1, -0.05) is 25.1 Å². The first-order valence-electron chi connectivity index (χ1n) is 6.69. The number of anilines is 2. The molecule has 1 heterocycles. The zero-order valence-corrected chi connectivity index (χ0v) is 12.4. The Labute approximate surface area is 123 Å². The molecule has 1 N–H and O–H groups in total. The van der Waals surface area contributed by atoms with Gasteiger partial charge in [0.2, 0.25) is 0 Å². The van der Waals surface area contributed by atoms with Gasteiger partial charge in [-0.25, -0.2) is 4.98 Å². The number of nitrogens with one attached hydrogen (secondary N) is 1. The lowest BCUT2D eigenvalue weighted by Crippen LogP contribution is -2.18. The summed E-state index contributed by atoms with van der Waals surface area (Å²) in [5, 5.41) is 15.1. The molecule has 20 heavy (non-hydrogen) atoms. The van der Waals surface area contributed by atoms with Crippen LogP contribution in [0.4, 0.5) is 10.8 Å². The molecule has 0 aliphatic rings. The number of aromatic nitrogens is 1. The Morgan fingerprint density at radius 2 is 2.15 bits per heavy atom. The number of rotatable bonds is 7. The molecule has 104 valence electrons. The molecular formula is C15H18N4S. The van der Waals surface area contributed by atoms with Gasteiger partial charge < -0.3 is 10.2 Å². The van der Waals surface area contributed by atoms with Crippen LogP contribution in [-0.2, 0) is 6.54 Å². The molecule has 0 bridgehead atoms. The van der Waals surface area contributed by atoms with E-state index < -0.39 is 0 Å². The summed E-state index contributed by atoms with van der Waals surface area (Å²) in [7, 11) is 0. The minimum atomic E-state index is 0.483. The third-order valence-corrected chi connectivity index (χ3v) is 3.75. The molecule has 1 aromatic heterocycles. The Hall–Kier alpha value is -1.90. The van der Waals surface area contributed by atoms with Crippen LogP contribution in [0, 0.1) is 11.3 Å². The van der Waals surface area contributed by atoms with Crippen LogP contribution in [-0.4, -0.2) is 18.1 Å². The van der Waals surface area contributed by atoms with Crippen molar-refractivity contribution in [3.8, 4) is 6.07 Å². The van der Waals surface area contributed by atoms with Gasteiger partial charge in [-0.15, -0.1) is 11.3 Å². The first-order valence-corrected chi connectivity index (χ1v) is 7.57. The van der Waals surface area contributed by atoms with E-state index in [1.165, 1.54) is 0 Å². The smallest absolute Gasteiger partial charge is 0.190 e. The predicted octanol–water partition coefficient (Wildman–Crippen LogP) is 3.30.